The lowest BCUT2D eigenvalue weighted by atomic mass is 10.2. The number of benzene rings is 1. The Morgan fingerprint density at radius 2 is 2.12 bits per heavy atom. The van der Waals surface area contributed by atoms with Gasteiger partial charge in [0.25, 0.3) is 0 Å². The first-order valence-electron chi connectivity index (χ1n) is 5.58. The van der Waals surface area contributed by atoms with E-state index in [1.54, 1.807) is 0 Å². The second-order valence-corrected chi connectivity index (χ2v) is 5.37. The molecule has 0 aliphatic heterocycles. The van der Waals surface area contributed by atoms with Gasteiger partial charge >= 0.3 is 0 Å². The Labute approximate surface area is 109 Å². The van der Waals surface area contributed by atoms with E-state index < -0.39 is 0 Å². The fourth-order valence-corrected chi connectivity index (χ4v) is 2.50. The molecule has 1 aromatic carbocycles. The zero-order chi connectivity index (χ0) is 11.4. The molecule has 4 heteroatoms. The lowest BCUT2D eigenvalue weighted by Gasteiger charge is -2.12. The van der Waals surface area contributed by atoms with Crippen molar-refractivity contribution in [2.45, 2.75) is 38.3 Å². The largest absolute Gasteiger partial charge is 0.298 e. The van der Waals surface area contributed by atoms with Crippen molar-refractivity contribution in [2.24, 2.45) is 0 Å². The third-order valence-corrected chi connectivity index (χ3v) is 3.83. The summed E-state index contributed by atoms with van der Waals surface area (Å²) in [6.45, 7) is 0.678. The van der Waals surface area contributed by atoms with Crippen molar-refractivity contribution in [3.05, 3.63) is 33.3 Å². The van der Waals surface area contributed by atoms with Crippen LogP contribution in [0.2, 0.25) is 5.02 Å². The van der Waals surface area contributed by atoms with Gasteiger partial charge in [0, 0.05) is 16.0 Å². The SMILES string of the molecule is Clc1ccc(Br)c(CNOC2CCCC2)c1. The molecule has 1 aromatic rings. The van der Waals surface area contributed by atoms with Crippen molar-refractivity contribution in [2.75, 3.05) is 0 Å². The number of hydrogen-bond donors (Lipinski definition) is 1. The zero-order valence-electron chi connectivity index (χ0n) is 9.01. The summed E-state index contributed by atoms with van der Waals surface area (Å²) in [4.78, 5) is 5.59. The monoisotopic (exact) mass is 303 g/mol. The maximum absolute atomic E-state index is 5.93. The first kappa shape index (κ1) is 12.4. The van der Waals surface area contributed by atoms with Crippen LogP contribution in [0.3, 0.4) is 0 Å². The molecule has 0 spiro atoms. The first-order valence-corrected chi connectivity index (χ1v) is 6.75. The predicted molar refractivity (Wildman–Crippen MR) is 69.3 cm³/mol. The average molecular weight is 305 g/mol. The van der Waals surface area contributed by atoms with Crippen LogP contribution in [0.1, 0.15) is 31.2 Å². The molecule has 1 saturated carbocycles. The number of nitrogens with one attached hydrogen (secondary N) is 1. The maximum atomic E-state index is 5.93. The van der Waals surface area contributed by atoms with Gasteiger partial charge < -0.3 is 0 Å². The third-order valence-electron chi connectivity index (χ3n) is 2.82. The summed E-state index contributed by atoms with van der Waals surface area (Å²) >= 11 is 9.42. The topological polar surface area (TPSA) is 21.3 Å². The van der Waals surface area contributed by atoms with Crippen LogP contribution < -0.4 is 5.48 Å². The van der Waals surface area contributed by atoms with E-state index >= 15 is 0 Å². The van der Waals surface area contributed by atoms with E-state index in [1.165, 1.54) is 25.7 Å². The molecule has 2 rings (SSSR count). The molecule has 2 nitrogen and oxygen atoms in total. The molecule has 1 fully saturated rings. The van der Waals surface area contributed by atoms with Crippen LogP contribution in [-0.4, -0.2) is 6.10 Å². The molecular formula is C12H15BrClNO. The van der Waals surface area contributed by atoms with Crippen molar-refractivity contribution in [3.63, 3.8) is 0 Å². The van der Waals surface area contributed by atoms with Crippen molar-refractivity contribution in [1.29, 1.82) is 0 Å². The van der Waals surface area contributed by atoms with Gasteiger partial charge in [0.05, 0.1) is 6.10 Å². The lowest BCUT2D eigenvalue weighted by Crippen LogP contribution is -2.21. The van der Waals surface area contributed by atoms with Gasteiger partial charge in [0.1, 0.15) is 0 Å². The van der Waals surface area contributed by atoms with Crippen LogP contribution in [0.15, 0.2) is 22.7 Å². The molecule has 0 amide bonds. The van der Waals surface area contributed by atoms with Gasteiger partial charge in [0.15, 0.2) is 0 Å². The highest BCUT2D eigenvalue weighted by molar-refractivity contribution is 9.10. The second kappa shape index (κ2) is 6.01. The minimum atomic E-state index is 0.387. The quantitative estimate of drug-likeness (QED) is 0.847. The van der Waals surface area contributed by atoms with E-state index in [0.29, 0.717) is 12.6 Å². The zero-order valence-corrected chi connectivity index (χ0v) is 11.4. The fourth-order valence-electron chi connectivity index (χ4n) is 1.92. The minimum absolute atomic E-state index is 0.387. The van der Waals surface area contributed by atoms with E-state index in [-0.39, 0.29) is 0 Å². The van der Waals surface area contributed by atoms with E-state index in [4.69, 9.17) is 16.4 Å². The highest BCUT2D eigenvalue weighted by Crippen LogP contribution is 2.22. The smallest absolute Gasteiger partial charge is 0.0790 e. The highest BCUT2D eigenvalue weighted by Gasteiger charge is 2.15. The maximum Gasteiger partial charge on any atom is 0.0790 e. The molecule has 1 aliphatic carbocycles. The van der Waals surface area contributed by atoms with Gasteiger partial charge in [-0.25, -0.2) is 0 Å². The van der Waals surface area contributed by atoms with Gasteiger partial charge in [0.2, 0.25) is 0 Å². The Morgan fingerprint density at radius 1 is 1.38 bits per heavy atom. The molecule has 0 aromatic heterocycles. The molecule has 0 atom stereocenters. The fraction of sp³-hybridized carbons (Fsp3) is 0.500. The van der Waals surface area contributed by atoms with Gasteiger partial charge in [-0.2, -0.15) is 5.48 Å². The normalized spacial score (nSPS) is 16.9. The summed E-state index contributed by atoms with van der Waals surface area (Å²) in [5, 5.41) is 0.751. The minimum Gasteiger partial charge on any atom is -0.298 e. The van der Waals surface area contributed by atoms with E-state index in [0.717, 1.165) is 15.1 Å². The van der Waals surface area contributed by atoms with Gasteiger partial charge in [-0.1, -0.05) is 40.4 Å². The molecule has 88 valence electrons. The van der Waals surface area contributed by atoms with Gasteiger partial charge in [-0.3, -0.25) is 4.84 Å². The van der Waals surface area contributed by atoms with Crippen LogP contribution in [0.5, 0.6) is 0 Å². The summed E-state index contributed by atoms with van der Waals surface area (Å²) in [6, 6.07) is 5.76. The number of hydrogen-bond acceptors (Lipinski definition) is 2. The second-order valence-electron chi connectivity index (χ2n) is 4.08. The Hall–Kier alpha value is -0.0900. The van der Waals surface area contributed by atoms with Crippen molar-refractivity contribution < 1.29 is 4.84 Å². The van der Waals surface area contributed by atoms with E-state index in [1.807, 2.05) is 18.2 Å². The Kier molecular flexibility index (Phi) is 4.65. The summed E-state index contributed by atoms with van der Waals surface area (Å²) in [5.74, 6) is 0. The van der Waals surface area contributed by atoms with Gasteiger partial charge in [-0.05, 0) is 36.6 Å². The highest BCUT2D eigenvalue weighted by atomic mass is 79.9. The summed E-state index contributed by atoms with van der Waals surface area (Å²) in [5.41, 5.74) is 4.14. The van der Waals surface area contributed by atoms with Crippen molar-refractivity contribution in [1.82, 2.24) is 5.48 Å². The Morgan fingerprint density at radius 3 is 2.88 bits per heavy atom. The van der Waals surface area contributed by atoms with E-state index in [2.05, 4.69) is 21.4 Å². The number of hydroxylamine groups is 1. The Balaban J connectivity index is 1.82. The number of rotatable bonds is 4. The van der Waals surface area contributed by atoms with Crippen LogP contribution >= 0.6 is 27.5 Å². The molecule has 1 aliphatic rings. The molecule has 0 saturated heterocycles. The number of halogens is 2. The first-order chi connectivity index (χ1) is 7.75. The molecule has 0 bridgehead atoms. The van der Waals surface area contributed by atoms with Crippen LogP contribution in [0.25, 0.3) is 0 Å². The summed E-state index contributed by atoms with van der Waals surface area (Å²) in [7, 11) is 0. The summed E-state index contributed by atoms with van der Waals surface area (Å²) < 4.78 is 1.06. The average Bonchev–Trinajstić information content (AvgIpc) is 2.76. The Bertz CT molecular complexity index is 353. The van der Waals surface area contributed by atoms with Crippen LogP contribution in [-0.2, 0) is 11.4 Å². The molecule has 1 N–H and O–H groups in total. The molecule has 0 unspecified atom stereocenters. The molecular weight excluding hydrogens is 289 g/mol. The van der Waals surface area contributed by atoms with Crippen molar-refractivity contribution >= 4 is 27.5 Å². The van der Waals surface area contributed by atoms with Crippen LogP contribution in [0.4, 0.5) is 0 Å². The standard InChI is InChI=1S/C12H15BrClNO/c13-12-6-5-10(14)7-9(12)8-15-16-11-3-1-2-4-11/h5-7,11,15H,1-4,8H2. The van der Waals surface area contributed by atoms with Gasteiger partial charge in [-0.15, -0.1) is 0 Å². The lowest BCUT2D eigenvalue weighted by molar-refractivity contribution is -0.0244. The molecule has 0 radical (unpaired) electrons. The van der Waals surface area contributed by atoms with Crippen LogP contribution in [0, 0.1) is 0 Å². The third kappa shape index (κ3) is 3.45. The molecule has 16 heavy (non-hydrogen) atoms. The summed E-state index contributed by atoms with van der Waals surface area (Å²) in [6.07, 6.45) is 5.30. The predicted octanol–water partition coefficient (Wildman–Crippen LogP) is 4.07. The van der Waals surface area contributed by atoms with Crippen molar-refractivity contribution in [3.8, 4) is 0 Å². The molecule has 0 heterocycles. The van der Waals surface area contributed by atoms with E-state index in [9.17, 15) is 0 Å².